The van der Waals surface area contributed by atoms with Crippen LogP contribution in [0, 0.1) is 0 Å². The van der Waals surface area contributed by atoms with E-state index in [1.54, 1.807) is 0 Å². The second-order valence-electron chi connectivity index (χ2n) is 8.64. The van der Waals surface area contributed by atoms with E-state index in [1.165, 1.54) is 52.6 Å². The summed E-state index contributed by atoms with van der Waals surface area (Å²) in [5, 5.41) is 1.28. The van der Waals surface area contributed by atoms with Crippen molar-refractivity contribution in [3.63, 3.8) is 0 Å². The molecule has 0 bridgehead atoms. The molecule has 0 saturated carbocycles. The Kier molecular flexibility index (Phi) is 6.43. The first-order chi connectivity index (χ1) is 15.4. The Balaban J connectivity index is 1.30. The van der Waals surface area contributed by atoms with Gasteiger partial charge in [0.05, 0.1) is 5.69 Å². The molecule has 1 saturated heterocycles. The fraction of sp³-hybridized carbons (Fsp3) is 0.321. The monoisotopic (exact) mass is 426 g/mol. The van der Waals surface area contributed by atoms with Gasteiger partial charge >= 0.3 is 0 Å². The molecule has 0 amide bonds. The van der Waals surface area contributed by atoms with Crippen molar-refractivity contribution < 1.29 is 0 Å². The third kappa shape index (κ3) is 4.89. The first-order valence-electron chi connectivity index (χ1n) is 11.5. The number of nitrogens with zero attached hydrogens (tertiary/aromatic N) is 2. The van der Waals surface area contributed by atoms with Crippen molar-refractivity contribution in [1.29, 1.82) is 0 Å². The fourth-order valence-electron chi connectivity index (χ4n) is 4.70. The summed E-state index contributed by atoms with van der Waals surface area (Å²) < 4.78 is 0. The minimum atomic E-state index is 0.428. The molecule has 1 unspecified atom stereocenters. The van der Waals surface area contributed by atoms with Gasteiger partial charge in [-0.25, -0.2) is 4.98 Å². The van der Waals surface area contributed by atoms with Crippen molar-refractivity contribution in [3.8, 4) is 11.3 Å². The van der Waals surface area contributed by atoms with E-state index in [4.69, 9.17) is 4.98 Å². The number of allylic oxidation sites excluding steroid dienone is 4. The predicted molar refractivity (Wildman–Crippen MR) is 132 cm³/mol. The Labute approximate surface area is 190 Å². The maximum Gasteiger partial charge on any atom is 0.101 e. The van der Waals surface area contributed by atoms with Crippen LogP contribution in [-0.4, -0.2) is 29.5 Å². The van der Waals surface area contributed by atoms with E-state index in [9.17, 15) is 0 Å². The van der Waals surface area contributed by atoms with Crippen LogP contribution >= 0.6 is 11.3 Å². The van der Waals surface area contributed by atoms with Gasteiger partial charge in [-0.2, -0.15) is 0 Å². The normalized spacial score (nSPS) is 19.7. The number of hydrogen-bond donors (Lipinski definition) is 0. The highest BCUT2D eigenvalue weighted by molar-refractivity contribution is 7.12. The molecule has 0 radical (unpaired) electrons. The van der Waals surface area contributed by atoms with Gasteiger partial charge in [0.15, 0.2) is 0 Å². The van der Waals surface area contributed by atoms with Gasteiger partial charge in [-0.1, -0.05) is 85.0 Å². The summed E-state index contributed by atoms with van der Waals surface area (Å²) in [5.41, 5.74) is 3.94. The first-order valence-corrected chi connectivity index (χ1v) is 12.3. The quantitative estimate of drug-likeness (QED) is 0.429. The molecule has 0 N–H and O–H groups in total. The number of aromatic nitrogens is 1. The molecule has 1 aliphatic carbocycles. The highest BCUT2D eigenvalue weighted by Gasteiger charge is 2.27. The molecule has 1 aliphatic heterocycles. The van der Waals surface area contributed by atoms with E-state index in [2.05, 4.69) is 89.9 Å². The molecule has 158 valence electrons. The Morgan fingerprint density at radius 1 is 0.903 bits per heavy atom. The van der Waals surface area contributed by atoms with E-state index in [0.29, 0.717) is 11.8 Å². The summed E-state index contributed by atoms with van der Waals surface area (Å²) in [6.45, 7) is 3.53. The van der Waals surface area contributed by atoms with Crippen LogP contribution in [0.25, 0.3) is 11.3 Å². The molecule has 3 aromatic rings. The number of benzene rings is 2. The lowest BCUT2D eigenvalue weighted by molar-refractivity contribution is 0.216. The minimum Gasteiger partial charge on any atom is -0.303 e. The number of thiazole rings is 1. The summed E-state index contributed by atoms with van der Waals surface area (Å²) in [6, 6.07) is 21.7. The first kappa shape index (κ1) is 20.4. The molecule has 31 heavy (non-hydrogen) atoms. The molecule has 2 aromatic carbocycles. The largest absolute Gasteiger partial charge is 0.303 e. The molecule has 0 spiro atoms. The van der Waals surface area contributed by atoms with Gasteiger partial charge in [0.25, 0.3) is 0 Å². The number of rotatable bonds is 6. The van der Waals surface area contributed by atoms with Crippen LogP contribution in [0.5, 0.6) is 0 Å². The lowest BCUT2D eigenvalue weighted by Gasteiger charge is -2.31. The van der Waals surface area contributed by atoms with Crippen LogP contribution in [-0.2, 0) is 6.42 Å². The zero-order chi connectivity index (χ0) is 20.9. The number of likely N-dealkylation sites (tertiary alicyclic amines) is 1. The molecule has 2 nitrogen and oxygen atoms in total. The molecular formula is C28H30N2S. The van der Waals surface area contributed by atoms with Gasteiger partial charge in [0, 0.05) is 22.9 Å². The van der Waals surface area contributed by atoms with Crippen molar-refractivity contribution in [2.45, 2.75) is 37.5 Å². The van der Waals surface area contributed by atoms with Gasteiger partial charge in [-0.05, 0) is 50.3 Å². The Morgan fingerprint density at radius 3 is 2.35 bits per heavy atom. The summed E-state index contributed by atoms with van der Waals surface area (Å²) >= 11 is 1.96. The summed E-state index contributed by atoms with van der Waals surface area (Å²) in [5.74, 6) is 1.05. The van der Waals surface area contributed by atoms with E-state index in [0.717, 1.165) is 19.4 Å². The zero-order valence-corrected chi connectivity index (χ0v) is 18.8. The predicted octanol–water partition coefficient (Wildman–Crippen LogP) is 6.83. The van der Waals surface area contributed by atoms with Crippen LogP contribution < -0.4 is 0 Å². The summed E-state index contributed by atoms with van der Waals surface area (Å²) in [6.07, 6.45) is 13.6. The maximum atomic E-state index is 5.19. The molecule has 1 fully saturated rings. The average molecular weight is 427 g/mol. The molecule has 3 heteroatoms. The van der Waals surface area contributed by atoms with Crippen molar-refractivity contribution in [2.75, 3.05) is 19.6 Å². The van der Waals surface area contributed by atoms with Crippen molar-refractivity contribution in [2.24, 2.45) is 0 Å². The van der Waals surface area contributed by atoms with Crippen molar-refractivity contribution in [3.05, 3.63) is 100 Å². The maximum absolute atomic E-state index is 5.19. The summed E-state index contributed by atoms with van der Waals surface area (Å²) in [4.78, 5) is 9.34. The second kappa shape index (κ2) is 9.76. The van der Waals surface area contributed by atoms with Crippen LogP contribution in [0.2, 0.25) is 0 Å². The molecule has 5 rings (SSSR count). The van der Waals surface area contributed by atoms with Gasteiger partial charge in [-0.15, -0.1) is 11.3 Å². The van der Waals surface area contributed by atoms with Crippen molar-refractivity contribution >= 4 is 11.3 Å². The van der Waals surface area contributed by atoms with E-state index >= 15 is 0 Å². The molecule has 2 heterocycles. The smallest absolute Gasteiger partial charge is 0.101 e. The lowest BCUT2D eigenvalue weighted by atomic mass is 9.92. The van der Waals surface area contributed by atoms with Crippen molar-refractivity contribution in [1.82, 2.24) is 9.88 Å². The van der Waals surface area contributed by atoms with E-state index in [-0.39, 0.29) is 0 Å². The Bertz CT molecular complexity index is 1030. The number of hydrogen-bond acceptors (Lipinski definition) is 3. The Morgan fingerprint density at radius 2 is 1.65 bits per heavy atom. The zero-order valence-electron chi connectivity index (χ0n) is 18.0. The van der Waals surface area contributed by atoms with Gasteiger partial charge in [0.2, 0.25) is 0 Å². The fourth-order valence-corrected chi connectivity index (χ4v) is 6.05. The number of piperidine rings is 1. The van der Waals surface area contributed by atoms with Crippen LogP contribution in [0.3, 0.4) is 0 Å². The molecule has 1 atom stereocenters. The lowest BCUT2D eigenvalue weighted by Crippen LogP contribution is -2.34. The third-order valence-corrected chi connectivity index (χ3v) is 7.88. The van der Waals surface area contributed by atoms with Crippen LogP contribution in [0.15, 0.2) is 85.0 Å². The average Bonchev–Trinajstić information content (AvgIpc) is 3.30. The van der Waals surface area contributed by atoms with Gasteiger partial charge in [0.1, 0.15) is 5.01 Å². The van der Waals surface area contributed by atoms with Crippen LogP contribution in [0.4, 0.5) is 0 Å². The molecule has 2 aliphatic rings. The van der Waals surface area contributed by atoms with Gasteiger partial charge in [-0.3, -0.25) is 0 Å². The minimum absolute atomic E-state index is 0.428. The van der Waals surface area contributed by atoms with Gasteiger partial charge < -0.3 is 4.90 Å². The standard InChI is InChI=1S/C28H30N2S/c1-4-10-22(11-5-1)16-19-30-20-17-24(18-21-30)27-26(23-12-6-2-7-13-23)29-28(31-27)25-14-8-3-9-15-25/h1-14,24-25H,15-21H2. The SMILES string of the molecule is C1=CCC(c2nc(-c3ccccc3)c(C3CCN(CCc4ccccc4)CC3)s2)C=C1. The highest BCUT2D eigenvalue weighted by atomic mass is 32.1. The van der Waals surface area contributed by atoms with E-state index < -0.39 is 0 Å². The Hall–Kier alpha value is -2.49. The topological polar surface area (TPSA) is 16.1 Å². The second-order valence-corrected chi connectivity index (χ2v) is 9.70. The highest BCUT2D eigenvalue weighted by Crippen LogP contribution is 2.42. The van der Waals surface area contributed by atoms with Crippen LogP contribution in [0.1, 0.15) is 46.5 Å². The molecule has 1 aromatic heterocycles. The third-order valence-electron chi connectivity index (χ3n) is 6.53. The van der Waals surface area contributed by atoms with E-state index in [1.807, 2.05) is 11.3 Å². The molecular weight excluding hydrogens is 396 g/mol. The summed E-state index contributed by atoms with van der Waals surface area (Å²) in [7, 11) is 0.